The second kappa shape index (κ2) is 14.5. The van der Waals surface area contributed by atoms with E-state index in [1.807, 2.05) is 80.6 Å². The average molecular weight is 670 g/mol. The minimum Gasteiger partial charge on any atom is -0.352 e. The molecular weight excluding hydrogens is 628 g/mol. The Bertz CT molecular complexity index is 1520. The van der Waals surface area contributed by atoms with Gasteiger partial charge in [-0.2, -0.15) is 12.7 Å². The first-order valence-electron chi connectivity index (χ1n) is 14.6. The van der Waals surface area contributed by atoms with E-state index in [4.69, 9.17) is 0 Å². The summed E-state index contributed by atoms with van der Waals surface area (Å²) >= 11 is 3.52. The van der Waals surface area contributed by atoms with Gasteiger partial charge in [0.2, 0.25) is 11.8 Å². The maximum Gasteiger partial charge on any atom is 0.304 e. The van der Waals surface area contributed by atoms with E-state index in [0.717, 1.165) is 61.0 Å². The summed E-state index contributed by atoms with van der Waals surface area (Å²) in [7, 11) is -1.15. The normalized spacial score (nSPS) is 14.5. The number of nitrogens with zero attached hydrogens (tertiary/aromatic N) is 3. The van der Waals surface area contributed by atoms with Crippen LogP contribution in [0.4, 0.5) is 5.69 Å². The highest BCUT2D eigenvalue weighted by Crippen LogP contribution is 2.27. The summed E-state index contributed by atoms with van der Waals surface area (Å²) in [5, 5.41) is 3.20. The van der Waals surface area contributed by atoms with Crippen LogP contribution in [0.25, 0.3) is 0 Å². The van der Waals surface area contributed by atoms with Gasteiger partial charge in [-0.05, 0) is 67.1 Å². The molecule has 4 rings (SSSR count). The van der Waals surface area contributed by atoms with Gasteiger partial charge in [0.05, 0.1) is 5.69 Å². The fraction of sp³-hybridized carbons (Fsp3) is 0.394. The molecule has 0 saturated heterocycles. The monoisotopic (exact) mass is 668 g/mol. The Morgan fingerprint density at radius 2 is 1.60 bits per heavy atom. The third-order valence-electron chi connectivity index (χ3n) is 7.87. The lowest BCUT2D eigenvalue weighted by Gasteiger charge is -2.35. The van der Waals surface area contributed by atoms with Crippen LogP contribution in [0.1, 0.15) is 47.9 Å². The van der Waals surface area contributed by atoms with E-state index < -0.39 is 28.7 Å². The van der Waals surface area contributed by atoms with Gasteiger partial charge in [-0.1, -0.05) is 83.4 Å². The Morgan fingerprint density at radius 3 is 2.26 bits per heavy atom. The predicted molar refractivity (Wildman–Crippen MR) is 175 cm³/mol. The number of carbonyl (C=O) groups excluding carboxylic acids is 2. The van der Waals surface area contributed by atoms with Crippen molar-refractivity contribution in [3.05, 3.63) is 99.5 Å². The van der Waals surface area contributed by atoms with Crippen molar-refractivity contribution in [3.63, 3.8) is 0 Å². The lowest BCUT2D eigenvalue weighted by molar-refractivity contribution is -0.140. The van der Waals surface area contributed by atoms with Gasteiger partial charge in [0.15, 0.2) is 0 Å². The Labute approximate surface area is 264 Å². The van der Waals surface area contributed by atoms with Crippen LogP contribution in [0, 0.1) is 13.8 Å². The van der Waals surface area contributed by atoms with Crippen molar-refractivity contribution in [3.8, 4) is 0 Å². The second-order valence-corrected chi connectivity index (χ2v) is 14.4. The van der Waals surface area contributed by atoms with E-state index in [2.05, 4.69) is 21.2 Å². The topological polar surface area (TPSA) is 90.0 Å². The number of benzene rings is 3. The molecule has 230 valence electrons. The summed E-state index contributed by atoms with van der Waals surface area (Å²) in [6.07, 6.45) is 4.23. The molecule has 0 spiro atoms. The second-order valence-electron chi connectivity index (χ2n) is 11.4. The maximum atomic E-state index is 14.5. The summed E-state index contributed by atoms with van der Waals surface area (Å²) in [5.74, 6) is -0.693. The molecule has 3 aromatic rings. The summed E-state index contributed by atoms with van der Waals surface area (Å²) < 4.78 is 30.5. The molecule has 0 aromatic heterocycles. The minimum atomic E-state index is -4.05. The number of rotatable bonds is 12. The molecule has 0 aliphatic heterocycles. The zero-order valence-corrected chi connectivity index (χ0v) is 27.7. The quantitative estimate of drug-likeness (QED) is 0.281. The molecule has 2 amide bonds. The van der Waals surface area contributed by atoms with Gasteiger partial charge in [0.1, 0.15) is 12.6 Å². The Hall–Kier alpha value is -3.21. The first-order valence-corrected chi connectivity index (χ1v) is 16.8. The zero-order chi connectivity index (χ0) is 31.1. The standard InChI is InChI=1S/C33H41BrN4O4S/c1-24-17-18-25(2)30(19-24)38(43(41,42)36(3)4)23-32(39)37(22-27-13-10-14-28(34)20-27)31(21-26-11-6-5-7-12-26)33(40)35-29-15-8-9-16-29/h5-7,10-14,17-20,29,31H,8-9,15-16,21-23H2,1-4H3,(H,35,40)/t31-/m0/s1. The minimum absolute atomic E-state index is 0.0640. The third kappa shape index (κ3) is 8.46. The molecule has 10 heteroatoms. The summed E-state index contributed by atoms with van der Waals surface area (Å²) in [6, 6.07) is 21.9. The van der Waals surface area contributed by atoms with Crippen molar-refractivity contribution in [1.82, 2.24) is 14.5 Å². The van der Waals surface area contributed by atoms with Crippen LogP contribution >= 0.6 is 15.9 Å². The lowest BCUT2D eigenvalue weighted by Crippen LogP contribution is -2.55. The Balaban J connectivity index is 1.78. The number of amides is 2. The largest absolute Gasteiger partial charge is 0.352 e. The highest BCUT2D eigenvalue weighted by molar-refractivity contribution is 9.10. The van der Waals surface area contributed by atoms with Crippen molar-refractivity contribution < 1.29 is 18.0 Å². The number of anilines is 1. The maximum absolute atomic E-state index is 14.5. The van der Waals surface area contributed by atoms with Crippen LogP contribution in [-0.2, 0) is 32.8 Å². The first-order chi connectivity index (χ1) is 20.5. The van der Waals surface area contributed by atoms with Gasteiger partial charge in [0, 0.05) is 37.6 Å². The smallest absolute Gasteiger partial charge is 0.304 e. The summed E-state index contributed by atoms with van der Waals surface area (Å²) in [6.45, 7) is 3.38. The molecular formula is C33H41BrN4O4S. The molecule has 1 aliphatic rings. The molecule has 1 fully saturated rings. The van der Waals surface area contributed by atoms with E-state index in [1.165, 1.54) is 14.1 Å². The van der Waals surface area contributed by atoms with E-state index in [-0.39, 0.29) is 18.5 Å². The van der Waals surface area contributed by atoms with Crippen LogP contribution in [-0.4, -0.2) is 62.2 Å². The molecule has 3 aromatic carbocycles. The number of hydrogen-bond acceptors (Lipinski definition) is 4. The van der Waals surface area contributed by atoms with Gasteiger partial charge in [0.25, 0.3) is 0 Å². The van der Waals surface area contributed by atoms with E-state index in [9.17, 15) is 18.0 Å². The van der Waals surface area contributed by atoms with Crippen LogP contribution in [0.5, 0.6) is 0 Å². The van der Waals surface area contributed by atoms with Crippen LogP contribution in [0.3, 0.4) is 0 Å². The lowest BCUT2D eigenvalue weighted by atomic mass is 10.0. The number of carbonyl (C=O) groups is 2. The molecule has 1 aliphatic carbocycles. The van der Waals surface area contributed by atoms with Crippen molar-refractivity contribution in [2.24, 2.45) is 0 Å². The highest BCUT2D eigenvalue weighted by atomic mass is 79.9. The van der Waals surface area contributed by atoms with E-state index in [1.54, 1.807) is 11.0 Å². The van der Waals surface area contributed by atoms with E-state index in [0.29, 0.717) is 12.1 Å². The SMILES string of the molecule is Cc1ccc(C)c(N(CC(=O)N(Cc2cccc(Br)c2)[C@@H](Cc2ccccc2)C(=O)NC2CCCC2)S(=O)(=O)N(C)C)c1. The Morgan fingerprint density at radius 1 is 0.930 bits per heavy atom. The van der Waals surface area contributed by atoms with Gasteiger partial charge in [-0.25, -0.2) is 4.31 Å². The summed E-state index contributed by atoms with van der Waals surface area (Å²) in [5.41, 5.74) is 3.76. The van der Waals surface area contributed by atoms with Gasteiger partial charge in [-0.3, -0.25) is 9.59 Å². The predicted octanol–water partition coefficient (Wildman–Crippen LogP) is 5.38. The fourth-order valence-electron chi connectivity index (χ4n) is 5.44. The highest BCUT2D eigenvalue weighted by Gasteiger charge is 2.36. The molecule has 0 heterocycles. The van der Waals surface area contributed by atoms with Crippen molar-refractivity contribution in [2.45, 2.75) is 64.6 Å². The van der Waals surface area contributed by atoms with E-state index >= 15 is 0 Å². The molecule has 1 atom stereocenters. The third-order valence-corrected chi connectivity index (χ3v) is 10.2. The first kappa shape index (κ1) is 32.7. The van der Waals surface area contributed by atoms with Gasteiger partial charge >= 0.3 is 10.2 Å². The zero-order valence-electron chi connectivity index (χ0n) is 25.3. The average Bonchev–Trinajstić information content (AvgIpc) is 3.48. The number of halogens is 1. The van der Waals surface area contributed by atoms with Crippen LogP contribution < -0.4 is 9.62 Å². The molecule has 1 saturated carbocycles. The summed E-state index contributed by atoms with van der Waals surface area (Å²) in [4.78, 5) is 30.0. The van der Waals surface area contributed by atoms with Crippen molar-refractivity contribution in [2.75, 3.05) is 24.9 Å². The number of nitrogens with one attached hydrogen (secondary N) is 1. The van der Waals surface area contributed by atoms with Gasteiger partial charge in [-0.15, -0.1) is 0 Å². The number of aryl methyl sites for hydroxylation is 2. The molecule has 0 bridgehead atoms. The molecule has 1 N–H and O–H groups in total. The Kier molecular flexibility index (Phi) is 11.0. The fourth-order valence-corrected chi connectivity index (χ4v) is 7.00. The van der Waals surface area contributed by atoms with Crippen LogP contribution in [0.15, 0.2) is 77.3 Å². The molecule has 8 nitrogen and oxygen atoms in total. The molecule has 43 heavy (non-hydrogen) atoms. The van der Waals surface area contributed by atoms with Crippen molar-refractivity contribution in [1.29, 1.82) is 0 Å². The van der Waals surface area contributed by atoms with Crippen molar-refractivity contribution >= 4 is 43.6 Å². The molecule has 0 radical (unpaired) electrons. The van der Waals surface area contributed by atoms with Crippen LogP contribution in [0.2, 0.25) is 0 Å². The number of hydrogen-bond donors (Lipinski definition) is 1. The van der Waals surface area contributed by atoms with Gasteiger partial charge < -0.3 is 10.2 Å². The molecule has 0 unspecified atom stereocenters.